The quantitative estimate of drug-likeness (QED) is 0.768. The smallest absolute Gasteiger partial charge is 0.308 e. The molecule has 1 aromatic carbocycles. The number of carbonyl (C=O) groups is 3. The van der Waals surface area contributed by atoms with Gasteiger partial charge in [0.2, 0.25) is 0 Å². The third kappa shape index (κ3) is 3.81. The number of aliphatic carboxylic acids is 1. The van der Waals surface area contributed by atoms with Crippen LogP contribution in [0.2, 0.25) is 0 Å². The minimum Gasteiger partial charge on any atom is -0.481 e. The van der Waals surface area contributed by atoms with Crippen molar-refractivity contribution >= 4 is 23.5 Å². The number of nitrogens with one attached hydrogen (secondary N) is 2. The zero-order valence-electron chi connectivity index (χ0n) is 14.8. The summed E-state index contributed by atoms with van der Waals surface area (Å²) in [6.45, 7) is 1.61. The van der Waals surface area contributed by atoms with Gasteiger partial charge in [0, 0.05) is 6.04 Å². The highest BCUT2D eigenvalue weighted by Gasteiger charge is 2.32. The molecule has 1 heterocycles. The van der Waals surface area contributed by atoms with Gasteiger partial charge in [0.05, 0.1) is 17.2 Å². The number of carbonyl (C=O) groups excluding carboxylic acids is 2. The van der Waals surface area contributed by atoms with Crippen LogP contribution >= 0.6 is 0 Å². The van der Waals surface area contributed by atoms with Gasteiger partial charge in [-0.3, -0.25) is 14.4 Å². The summed E-state index contributed by atoms with van der Waals surface area (Å²) in [5.41, 5.74) is 0.758. The number of hydrogen-bond acceptors (Lipinski definition) is 4. The van der Waals surface area contributed by atoms with E-state index in [0.29, 0.717) is 29.8 Å². The molecule has 0 radical (unpaired) electrons. The molecule has 0 saturated heterocycles. The molecule has 3 atom stereocenters. The maximum absolute atomic E-state index is 12.8. The second-order valence-electron chi connectivity index (χ2n) is 6.95. The predicted molar refractivity (Wildman–Crippen MR) is 95.2 cm³/mol. The zero-order valence-corrected chi connectivity index (χ0v) is 14.8. The van der Waals surface area contributed by atoms with Crippen LogP contribution in [0.5, 0.6) is 5.75 Å². The average molecular weight is 360 g/mol. The molecule has 7 nitrogen and oxygen atoms in total. The Bertz CT molecular complexity index is 718. The van der Waals surface area contributed by atoms with Crippen molar-refractivity contribution in [2.45, 2.75) is 57.6 Å². The molecule has 26 heavy (non-hydrogen) atoms. The number of fused-ring (bicyclic) bond motifs is 1. The molecule has 3 rings (SSSR count). The van der Waals surface area contributed by atoms with Crippen LogP contribution in [0.25, 0.3) is 0 Å². The van der Waals surface area contributed by atoms with E-state index >= 15 is 0 Å². The highest BCUT2D eigenvalue weighted by Crippen LogP contribution is 2.33. The number of ether oxygens (including phenoxy) is 1. The Hall–Kier alpha value is -2.57. The van der Waals surface area contributed by atoms with Gasteiger partial charge < -0.3 is 20.5 Å². The van der Waals surface area contributed by atoms with Gasteiger partial charge in [0.15, 0.2) is 11.9 Å². The van der Waals surface area contributed by atoms with Crippen LogP contribution in [0.3, 0.4) is 0 Å². The van der Waals surface area contributed by atoms with Crippen LogP contribution < -0.4 is 15.4 Å². The van der Waals surface area contributed by atoms with Gasteiger partial charge in [-0.2, -0.15) is 0 Å². The van der Waals surface area contributed by atoms with Crippen molar-refractivity contribution in [1.29, 1.82) is 0 Å². The van der Waals surface area contributed by atoms with Crippen LogP contribution in [0.15, 0.2) is 18.2 Å². The van der Waals surface area contributed by atoms with Gasteiger partial charge in [0.1, 0.15) is 0 Å². The average Bonchev–Trinajstić information content (AvgIpc) is 2.57. The van der Waals surface area contributed by atoms with Crippen LogP contribution in [-0.2, 0) is 9.59 Å². The fraction of sp³-hybridized carbons (Fsp3) is 0.526. The van der Waals surface area contributed by atoms with Gasteiger partial charge >= 0.3 is 5.97 Å². The van der Waals surface area contributed by atoms with Gasteiger partial charge in [-0.15, -0.1) is 0 Å². The SMILES string of the molecule is CC1Oc2c(cccc2C(=O)NC2CCCCCCC2C(=O)O)NC1=O. The topological polar surface area (TPSA) is 105 Å². The van der Waals surface area contributed by atoms with Crippen molar-refractivity contribution in [3.63, 3.8) is 0 Å². The zero-order chi connectivity index (χ0) is 18.7. The predicted octanol–water partition coefficient (Wildman–Crippen LogP) is 2.56. The molecular weight excluding hydrogens is 336 g/mol. The molecule has 1 aromatic rings. The summed E-state index contributed by atoms with van der Waals surface area (Å²) in [5.74, 6) is -1.76. The van der Waals surface area contributed by atoms with E-state index in [0.717, 1.165) is 25.7 Å². The second-order valence-corrected chi connectivity index (χ2v) is 6.95. The highest BCUT2D eigenvalue weighted by molar-refractivity contribution is 6.04. The minimum atomic E-state index is -0.871. The molecular formula is C19H24N2O5. The fourth-order valence-electron chi connectivity index (χ4n) is 3.60. The van der Waals surface area contributed by atoms with Gasteiger partial charge in [-0.1, -0.05) is 31.7 Å². The summed E-state index contributed by atoms with van der Waals surface area (Å²) in [7, 11) is 0. The van der Waals surface area contributed by atoms with E-state index in [1.54, 1.807) is 25.1 Å². The molecule has 0 spiro atoms. The molecule has 0 bridgehead atoms. The molecule has 1 aliphatic carbocycles. The number of anilines is 1. The summed E-state index contributed by atoms with van der Waals surface area (Å²) in [6, 6.07) is 4.55. The Morgan fingerprint density at radius 3 is 2.65 bits per heavy atom. The number of hydrogen-bond donors (Lipinski definition) is 3. The lowest BCUT2D eigenvalue weighted by atomic mass is 9.86. The van der Waals surface area contributed by atoms with E-state index in [2.05, 4.69) is 10.6 Å². The summed E-state index contributed by atoms with van der Waals surface area (Å²) in [4.78, 5) is 36.2. The van der Waals surface area contributed by atoms with Gasteiger partial charge in [-0.05, 0) is 31.9 Å². The first-order valence-corrected chi connectivity index (χ1v) is 9.11. The Morgan fingerprint density at radius 1 is 1.19 bits per heavy atom. The minimum absolute atomic E-state index is 0.263. The monoisotopic (exact) mass is 360 g/mol. The van der Waals surface area contributed by atoms with Crippen molar-refractivity contribution < 1.29 is 24.2 Å². The second kappa shape index (κ2) is 7.76. The third-order valence-electron chi connectivity index (χ3n) is 5.08. The van der Waals surface area contributed by atoms with Crippen LogP contribution in [-0.4, -0.2) is 35.0 Å². The van der Waals surface area contributed by atoms with E-state index in [-0.39, 0.29) is 11.8 Å². The molecule has 1 aliphatic heterocycles. The molecule has 2 amide bonds. The van der Waals surface area contributed by atoms with Gasteiger partial charge in [0.25, 0.3) is 11.8 Å². The molecule has 140 valence electrons. The van der Waals surface area contributed by atoms with Crippen molar-refractivity contribution in [3.05, 3.63) is 23.8 Å². The lowest BCUT2D eigenvalue weighted by Gasteiger charge is -2.29. The highest BCUT2D eigenvalue weighted by atomic mass is 16.5. The summed E-state index contributed by atoms with van der Waals surface area (Å²) < 4.78 is 5.62. The summed E-state index contributed by atoms with van der Waals surface area (Å²) >= 11 is 0. The van der Waals surface area contributed by atoms with E-state index in [4.69, 9.17) is 4.74 Å². The first-order valence-electron chi connectivity index (χ1n) is 9.11. The van der Waals surface area contributed by atoms with Gasteiger partial charge in [-0.25, -0.2) is 0 Å². The third-order valence-corrected chi connectivity index (χ3v) is 5.08. The Balaban J connectivity index is 1.82. The fourth-order valence-corrected chi connectivity index (χ4v) is 3.60. The molecule has 3 N–H and O–H groups in total. The molecule has 3 unspecified atom stereocenters. The largest absolute Gasteiger partial charge is 0.481 e. The lowest BCUT2D eigenvalue weighted by Crippen LogP contribution is -2.44. The molecule has 1 fully saturated rings. The van der Waals surface area contributed by atoms with Crippen molar-refractivity contribution in [1.82, 2.24) is 5.32 Å². The van der Waals surface area contributed by atoms with E-state index < -0.39 is 24.0 Å². The number of carboxylic acid groups (broad SMARTS) is 1. The van der Waals surface area contributed by atoms with Crippen LogP contribution in [0, 0.1) is 5.92 Å². The Labute approximate surface area is 152 Å². The maximum atomic E-state index is 12.8. The maximum Gasteiger partial charge on any atom is 0.308 e. The molecule has 2 aliphatic rings. The normalized spacial score (nSPS) is 25.7. The van der Waals surface area contributed by atoms with E-state index in [9.17, 15) is 19.5 Å². The number of carboxylic acids is 1. The van der Waals surface area contributed by atoms with Crippen molar-refractivity contribution in [3.8, 4) is 5.75 Å². The Kier molecular flexibility index (Phi) is 5.44. The first kappa shape index (κ1) is 18.2. The lowest BCUT2D eigenvalue weighted by molar-refractivity contribution is -0.143. The first-order chi connectivity index (χ1) is 12.5. The van der Waals surface area contributed by atoms with Crippen LogP contribution in [0.4, 0.5) is 5.69 Å². The number of rotatable bonds is 3. The standard InChI is InChI=1S/C19H24N2O5/c1-11-17(22)21-15-10-6-8-13(16(15)26-11)18(23)20-14-9-5-3-2-4-7-12(14)19(24)25/h6,8,10-12,14H,2-5,7,9H2,1H3,(H,20,23)(H,21,22)(H,24,25). The number of amides is 2. The van der Waals surface area contributed by atoms with Crippen molar-refractivity contribution in [2.75, 3.05) is 5.32 Å². The molecule has 1 saturated carbocycles. The Morgan fingerprint density at radius 2 is 1.92 bits per heavy atom. The van der Waals surface area contributed by atoms with E-state index in [1.165, 1.54) is 0 Å². The number of benzene rings is 1. The van der Waals surface area contributed by atoms with Crippen LogP contribution in [0.1, 0.15) is 55.8 Å². The summed E-state index contributed by atoms with van der Waals surface area (Å²) in [6.07, 6.45) is 4.35. The number of para-hydroxylation sites is 1. The van der Waals surface area contributed by atoms with Crippen molar-refractivity contribution in [2.24, 2.45) is 5.92 Å². The molecule has 7 heteroatoms. The molecule has 0 aromatic heterocycles. The summed E-state index contributed by atoms with van der Waals surface area (Å²) in [5, 5.41) is 15.2. The van der Waals surface area contributed by atoms with E-state index in [1.807, 2.05) is 0 Å².